The molecule has 0 fully saturated rings. The van der Waals surface area contributed by atoms with Gasteiger partial charge in [0.25, 0.3) is 0 Å². The molecule has 0 amide bonds. The summed E-state index contributed by atoms with van der Waals surface area (Å²) in [5.74, 6) is 0. The summed E-state index contributed by atoms with van der Waals surface area (Å²) in [5, 5.41) is 11.0. The normalized spacial score (nSPS) is 12.9. The predicted octanol–water partition coefficient (Wildman–Crippen LogP) is 3.66. The lowest BCUT2D eigenvalue weighted by atomic mass is 10.2. The van der Waals surface area contributed by atoms with Crippen LogP contribution >= 0.6 is 15.9 Å². The molecule has 1 aromatic carbocycles. The minimum absolute atomic E-state index is 0.100. The molecule has 3 heteroatoms. The maximum absolute atomic E-state index is 9.30. The largest absolute Gasteiger partial charge is 0.392 e. The van der Waals surface area contributed by atoms with Crippen LogP contribution in [0.5, 0.6) is 0 Å². The van der Waals surface area contributed by atoms with E-state index in [1.54, 1.807) is 0 Å². The van der Waals surface area contributed by atoms with Crippen molar-refractivity contribution in [3.05, 3.63) is 28.2 Å². The topological polar surface area (TPSA) is 20.2 Å². The second-order valence-electron chi connectivity index (χ2n) is 5.84. The van der Waals surface area contributed by atoms with Crippen LogP contribution in [0.25, 0.3) is 0 Å². The Morgan fingerprint density at radius 3 is 2.25 bits per heavy atom. The van der Waals surface area contributed by atoms with Gasteiger partial charge in [0.05, 0.1) is 14.7 Å². The van der Waals surface area contributed by atoms with E-state index in [-0.39, 0.29) is 6.61 Å². The minimum Gasteiger partial charge on any atom is -0.392 e. The van der Waals surface area contributed by atoms with E-state index < -0.39 is 8.07 Å². The summed E-state index contributed by atoms with van der Waals surface area (Å²) in [6.45, 7) is 11.8. The van der Waals surface area contributed by atoms with Crippen LogP contribution in [0, 0.1) is 0 Å². The molecule has 0 atom stereocenters. The fourth-order valence-electron chi connectivity index (χ4n) is 1.52. The van der Waals surface area contributed by atoms with Crippen molar-refractivity contribution in [2.75, 3.05) is 0 Å². The number of rotatable bonds is 2. The highest BCUT2D eigenvalue weighted by Gasteiger charge is 2.36. The van der Waals surface area contributed by atoms with Gasteiger partial charge in [0, 0.05) is 4.47 Å². The molecular formula is C13H21BrOSi. The highest BCUT2D eigenvalue weighted by Crippen LogP contribution is 2.35. The number of aliphatic hydroxyl groups is 1. The summed E-state index contributed by atoms with van der Waals surface area (Å²) in [6.07, 6.45) is 0. The number of hydrogen-bond donors (Lipinski definition) is 1. The Labute approximate surface area is 108 Å². The zero-order valence-corrected chi connectivity index (χ0v) is 13.4. The number of aliphatic hydroxyl groups excluding tert-OH is 1. The van der Waals surface area contributed by atoms with Gasteiger partial charge in [0.1, 0.15) is 0 Å². The molecule has 1 nitrogen and oxygen atoms in total. The molecule has 90 valence electrons. The van der Waals surface area contributed by atoms with Gasteiger partial charge in [-0.2, -0.15) is 0 Å². The van der Waals surface area contributed by atoms with Gasteiger partial charge < -0.3 is 5.11 Å². The number of hydrogen-bond acceptors (Lipinski definition) is 1. The van der Waals surface area contributed by atoms with Gasteiger partial charge >= 0.3 is 0 Å². The Bertz CT molecular complexity index is 380. The van der Waals surface area contributed by atoms with Crippen LogP contribution in [0.2, 0.25) is 18.1 Å². The molecule has 0 spiro atoms. The van der Waals surface area contributed by atoms with Crippen LogP contribution in [-0.2, 0) is 6.61 Å². The van der Waals surface area contributed by atoms with Crippen molar-refractivity contribution in [2.24, 2.45) is 0 Å². The molecule has 1 aromatic rings. The monoisotopic (exact) mass is 300 g/mol. The fourth-order valence-corrected chi connectivity index (χ4v) is 3.79. The van der Waals surface area contributed by atoms with Crippen molar-refractivity contribution < 1.29 is 5.11 Å². The lowest BCUT2D eigenvalue weighted by Crippen LogP contribution is -2.49. The first-order valence-corrected chi connectivity index (χ1v) is 9.39. The third kappa shape index (κ3) is 2.58. The van der Waals surface area contributed by atoms with Crippen molar-refractivity contribution in [3.63, 3.8) is 0 Å². The van der Waals surface area contributed by atoms with E-state index in [0.717, 1.165) is 10.0 Å². The molecular weight excluding hydrogens is 280 g/mol. The molecule has 0 saturated carbocycles. The SMILES string of the molecule is CC(C)(C)[Si](C)(C)c1ccc(Br)c(CO)c1. The lowest BCUT2D eigenvalue weighted by molar-refractivity contribution is 0.281. The lowest BCUT2D eigenvalue weighted by Gasteiger charge is -2.37. The third-order valence-corrected chi connectivity index (χ3v) is 10.1. The van der Waals surface area contributed by atoms with Gasteiger partial charge in [0.15, 0.2) is 0 Å². The van der Waals surface area contributed by atoms with E-state index in [4.69, 9.17) is 0 Å². The van der Waals surface area contributed by atoms with Gasteiger partial charge in [0.2, 0.25) is 0 Å². The van der Waals surface area contributed by atoms with E-state index in [0.29, 0.717) is 5.04 Å². The summed E-state index contributed by atoms with van der Waals surface area (Å²) in [4.78, 5) is 0. The maximum Gasteiger partial charge on any atom is 0.0859 e. The Morgan fingerprint density at radius 2 is 1.81 bits per heavy atom. The molecule has 0 heterocycles. The first-order chi connectivity index (χ1) is 7.20. The zero-order valence-electron chi connectivity index (χ0n) is 10.8. The summed E-state index contributed by atoms with van der Waals surface area (Å²) in [6, 6.07) is 6.41. The maximum atomic E-state index is 9.30. The molecule has 0 unspecified atom stereocenters. The van der Waals surface area contributed by atoms with Crippen LogP contribution in [0.1, 0.15) is 26.3 Å². The molecule has 0 aliphatic carbocycles. The van der Waals surface area contributed by atoms with Crippen molar-refractivity contribution in [2.45, 2.75) is 45.5 Å². The van der Waals surface area contributed by atoms with Crippen molar-refractivity contribution in [1.82, 2.24) is 0 Å². The fraction of sp³-hybridized carbons (Fsp3) is 0.538. The van der Waals surface area contributed by atoms with Gasteiger partial charge in [-0.05, 0) is 16.7 Å². The van der Waals surface area contributed by atoms with E-state index in [1.165, 1.54) is 5.19 Å². The molecule has 0 aliphatic heterocycles. The van der Waals surface area contributed by atoms with Gasteiger partial charge in [-0.1, -0.05) is 67.1 Å². The Hall–Kier alpha value is -0.123. The third-order valence-electron chi connectivity index (χ3n) is 3.81. The summed E-state index contributed by atoms with van der Waals surface area (Å²) >= 11 is 3.46. The molecule has 16 heavy (non-hydrogen) atoms. The van der Waals surface area contributed by atoms with Gasteiger partial charge in [-0.25, -0.2) is 0 Å². The zero-order chi connectivity index (χ0) is 12.6. The van der Waals surface area contributed by atoms with Crippen LogP contribution in [0.3, 0.4) is 0 Å². The van der Waals surface area contributed by atoms with Gasteiger partial charge in [-0.3, -0.25) is 0 Å². The quantitative estimate of drug-likeness (QED) is 0.827. The van der Waals surface area contributed by atoms with Crippen LogP contribution < -0.4 is 5.19 Å². The van der Waals surface area contributed by atoms with Crippen LogP contribution in [-0.4, -0.2) is 13.2 Å². The first-order valence-electron chi connectivity index (χ1n) is 5.60. The average Bonchev–Trinajstić information content (AvgIpc) is 2.16. The van der Waals surface area contributed by atoms with Crippen molar-refractivity contribution in [1.29, 1.82) is 0 Å². The Morgan fingerprint density at radius 1 is 1.25 bits per heavy atom. The van der Waals surface area contributed by atoms with E-state index >= 15 is 0 Å². The number of halogens is 1. The molecule has 0 saturated heterocycles. The molecule has 0 bridgehead atoms. The second-order valence-corrected chi connectivity index (χ2v) is 12.0. The molecule has 0 radical (unpaired) electrons. The standard InChI is InChI=1S/C13H21BrOSi/c1-13(2,3)16(4,5)11-6-7-12(14)10(8-11)9-15/h6-8,15H,9H2,1-5H3. The molecule has 1 rings (SSSR count). The minimum atomic E-state index is -1.48. The van der Waals surface area contributed by atoms with E-state index in [2.05, 4.69) is 68.0 Å². The highest BCUT2D eigenvalue weighted by molar-refractivity contribution is 9.10. The Balaban J connectivity index is 3.24. The summed E-state index contributed by atoms with van der Waals surface area (Å²) < 4.78 is 0.998. The predicted molar refractivity (Wildman–Crippen MR) is 76.9 cm³/mol. The van der Waals surface area contributed by atoms with Crippen molar-refractivity contribution >= 4 is 29.2 Å². The number of benzene rings is 1. The molecule has 1 N–H and O–H groups in total. The summed E-state index contributed by atoms with van der Waals surface area (Å²) in [5.41, 5.74) is 0.988. The molecule has 0 aliphatic rings. The van der Waals surface area contributed by atoms with E-state index in [1.807, 2.05) is 0 Å². The highest BCUT2D eigenvalue weighted by atomic mass is 79.9. The van der Waals surface area contributed by atoms with E-state index in [9.17, 15) is 5.11 Å². The second kappa shape index (κ2) is 4.63. The van der Waals surface area contributed by atoms with Crippen LogP contribution in [0.4, 0.5) is 0 Å². The first kappa shape index (κ1) is 13.9. The van der Waals surface area contributed by atoms with Gasteiger partial charge in [-0.15, -0.1) is 0 Å². The summed E-state index contributed by atoms with van der Waals surface area (Å²) in [7, 11) is -1.48. The average molecular weight is 301 g/mol. The Kier molecular flexibility index (Phi) is 4.03. The van der Waals surface area contributed by atoms with Crippen LogP contribution in [0.15, 0.2) is 22.7 Å². The smallest absolute Gasteiger partial charge is 0.0859 e. The molecule has 0 aromatic heterocycles. The van der Waals surface area contributed by atoms with Crippen molar-refractivity contribution in [3.8, 4) is 0 Å².